The number of carbonyl (C=O) groups excluding carboxylic acids is 1. The van der Waals surface area contributed by atoms with Crippen molar-refractivity contribution < 1.29 is 21.6 Å². The van der Waals surface area contributed by atoms with Gasteiger partial charge in [-0.1, -0.05) is 6.92 Å². The Morgan fingerprint density at radius 1 is 0.867 bits per heavy atom. The molecule has 2 fully saturated rings. The van der Waals surface area contributed by atoms with E-state index in [0.29, 0.717) is 24.6 Å². The van der Waals surface area contributed by atoms with E-state index in [9.17, 15) is 21.6 Å². The molecule has 0 aromatic heterocycles. The summed E-state index contributed by atoms with van der Waals surface area (Å²) in [6, 6.07) is 6.02. The van der Waals surface area contributed by atoms with Crippen LogP contribution in [0.3, 0.4) is 0 Å². The maximum absolute atomic E-state index is 12.8. The second-order valence-electron chi connectivity index (χ2n) is 8.09. The predicted molar refractivity (Wildman–Crippen MR) is 114 cm³/mol. The molecule has 0 N–H and O–H groups in total. The van der Waals surface area contributed by atoms with Crippen molar-refractivity contribution in [1.29, 1.82) is 0 Å². The third kappa shape index (κ3) is 4.70. The van der Waals surface area contributed by atoms with Gasteiger partial charge < -0.3 is 4.90 Å². The Hall–Kier alpha value is -1.53. The lowest BCUT2D eigenvalue weighted by Gasteiger charge is -2.35. The lowest BCUT2D eigenvalue weighted by molar-refractivity contribution is 0.0695. The molecule has 0 bridgehead atoms. The largest absolute Gasteiger partial charge is 0.336 e. The van der Waals surface area contributed by atoms with Gasteiger partial charge in [0, 0.05) is 58.9 Å². The quantitative estimate of drug-likeness (QED) is 0.646. The highest BCUT2D eigenvalue weighted by Gasteiger charge is 2.31. The summed E-state index contributed by atoms with van der Waals surface area (Å²) >= 11 is 0. The number of hydrogen-bond acceptors (Lipinski definition) is 5. The molecule has 2 aliphatic rings. The summed E-state index contributed by atoms with van der Waals surface area (Å²) in [5.74, 6) is 0.303. The van der Waals surface area contributed by atoms with E-state index in [1.807, 2.05) is 0 Å². The standard InChI is InChI=1S/C19H30N4O5S2/c1-16-8-10-22(11-9-16)29(25,26)18-6-4-17(5-7-18)19(24)21-12-14-23(15-13-21)30(27,28)20(2)3/h4-7,16H,8-15H2,1-3H3. The first-order chi connectivity index (χ1) is 14.0. The van der Waals surface area contributed by atoms with Crippen LogP contribution in [0.4, 0.5) is 0 Å². The third-order valence-corrected chi connectivity index (χ3v) is 9.65. The molecule has 30 heavy (non-hydrogen) atoms. The van der Waals surface area contributed by atoms with E-state index in [2.05, 4.69) is 6.92 Å². The van der Waals surface area contributed by atoms with Gasteiger partial charge in [0.15, 0.2) is 0 Å². The first-order valence-corrected chi connectivity index (χ1v) is 12.9. The molecule has 0 saturated carbocycles. The van der Waals surface area contributed by atoms with E-state index < -0.39 is 20.2 Å². The Balaban J connectivity index is 1.65. The smallest absolute Gasteiger partial charge is 0.281 e. The van der Waals surface area contributed by atoms with Gasteiger partial charge in [-0.2, -0.15) is 21.3 Å². The van der Waals surface area contributed by atoms with Gasteiger partial charge in [0.05, 0.1) is 4.90 Å². The van der Waals surface area contributed by atoms with Gasteiger partial charge in [-0.15, -0.1) is 0 Å². The van der Waals surface area contributed by atoms with Crippen molar-refractivity contribution in [3.8, 4) is 0 Å². The van der Waals surface area contributed by atoms with Crippen LogP contribution >= 0.6 is 0 Å². The molecule has 1 amide bonds. The fraction of sp³-hybridized carbons (Fsp3) is 0.632. The molecule has 2 heterocycles. The molecule has 3 rings (SSSR count). The van der Waals surface area contributed by atoms with Crippen molar-refractivity contribution in [1.82, 2.24) is 17.8 Å². The molecular formula is C19H30N4O5S2. The maximum Gasteiger partial charge on any atom is 0.281 e. The third-order valence-electron chi connectivity index (χ3n) is 5.80. The number of sulfonamides is 1. The molecule has 0 aliphatic carbocycles. The SMILES string of the molecule is CC1CCN(S(=O)(=O)c2ccc(C(=O)N3CCN(S(=O)(=O)N(C)C)CC3)cc2)CC1. The number of piperazine rings is 1. The van der Waals surface area contributed by atoms with Crippen LogP contribution in [0.2, 0.25) is 0 Å². The van der Waals surface area contributed by atoms with Crippen molar-refractivity contribution in [2.24, 2.45) is 5.92 Å². The van der Waals surface area contributed by atoms with Crippen molar-refractivity contribution in [2.45, 2.75) is 24.7 Å². The Bertz CT molecular complexity index is 961. The summed E-state index contributed by atoms with van der Waals surface area (Å²) in [7, 11) is -4.09. The highest BCUT2D eigenvalue weighted by molar-refractivity contribution is 7.89. The summed E-state index contributed by atoms with van der Waals surface area (Å²) in [6.45, 7) is 4.20. The van der Waals surface area contributed by atoms with E-state index >= 15 is 0 Å². The average molecular weight is 459 g/mol. The summed E-state index contributed by atoms with van der Waals surface area (Å²) in [4.78, 5) is 14.6. The minimum atomic E-state index is -3.55. The molecule has 1 aromatic carbocycles. The molecule has 0 spiro atoms. The number of nitrogens with zero attached hydrogens (tertiary/aromatic N) is 4. The molecule has 0 radical (unpaired) electrons. The van der Waals surface area contributed by atoms with Crippen LogP contribution in [-0.4, -0.2) is 93.9 Å². The zero-order chi connectivity index (χ0) is 22.1. The maximum atomic E-state index is 12.8. The molecule has 168 valence electrons. The van der Waals surface area contributed by atoms with Crippen LogP contribution < -0.4 is 0 Å². The average Bonchev–Trinajstić information content (AvgIpc) is 2.73. The van der Waals surface area contributed by atoms with Gasteiger partial charge in [0.2, 0.25) is 10.0 Å². The van der Waals surface area contributed by atoms with Crippen LogP contribution in [0, 0.1) is 5.92 Å². The minimum absolute atomic E-state index is 0.190. The number of amides is 1. The Kier molecular flexibility index (Phi) is 6.87. The zero-order valence-corrected chi connectivity index (χ0v) is 19.3. The van der Waals surface area contributed by atoms with Crippen molar-refractivity contribution in [3.63, 3.8) is 0 Å². The minimum Gasteiger partial charge on any atom is -0.336 e. The predicted octanol–water partition coefficient (Wildman–Crippen LogP) is 0.671. The van der Waals surface area contributed by atoms with Crippen LogP contribution in [-0.2, 0) is 20.2 Å². The number of hydrogen-bond donors (Lipinski definition) is 0. The molecular weight excluding hydrogens is 428 g/mol. The molecule has 0 unspecified atom stereocenters. The van der Waals surface area contributed by atoms with Gasteiger partial charge in [-0.3, -0.25) is 4.79 Å². The number of rotatable bonds is 5. The Morgan fingerprint density at radius 2 is 1.40 bits per heavy atom. The van der Waals surface area contributed by atoms with Gasteiger partial charge in [-0.05, 0) is 43.0 Å². The van der Waals surface area contributed by atoms with Gasteiger partial charge >= 0.3 is 0 Å². The van der Waals surface area contributed by atoms with Crippen molar-refractivity contribution >= 4 is 26.1 Å². The van der Waals surface area contributed by atoms with Crippen LogP contribution in [0.5, 0.6) is 0 Å². The summed E-state index contributed by atoms with van der Waals surface area (Å²) < 4.78 is 54.1. The number of piperidine rings is 1. The second kappa shape index (κ2) is 8.91. The molecule has 2 aliphatic heterocycles. The molecule has 2 saturated heterocycles. The van der Waals surface area contributed by atoms with E-state index in [0.717, 1.165) is 17.1 Å². The first-order valence-electron chi connectivity index (χ1n) is 10.1. The van der Waals surface area contributed by atoms with Gasteiger partial charge in [-0.25, -0.2) is 8.42 Å². The van der Waals surface area contributed by atoms with E-state index in [-0.39, 0.29) is 37.0 Å². The Labute approximate surface area is 179 Å². The second-order valence-corrected chi connectivity index (χ2v) is 12.2. The van der Waals surface area contributed by atoms with E-state index in [1.54, 1.807) is 4.90 Å². The van der Waals surface area contributed by atoms with Crippen LogP contribution in [0.15, 0.2) is 29.2 Å². The summed E-state index contributed by atoms with van der Waals surface area (Å²) in [5.41, 5.74) is 0.394. The topological polar surface area (TPSA) is 98.3 Å². The fourth-order valence-corrected chi connectivity index (χ4v) is 6.24. The molecule has 9 nitrogen and oxygen atoms in total. The molecule has 0 atom stereocenters. The molecule has 11 heteroatoms. The van der Waals surface area contributed by atoms with Crippen molar-refractivity contribution in [2.75, 3.05) is 53.4 Å². The van der Waals surface area contributed by atoms with E-state index in [4.69, 9.17) is 0 Å². The molecule has 1 aromatic rings. The fourth-order valence-electron chi connectivity index (χ4n) is 3.68. The lowest BCUT2D eigenvalue weighted by Crippen LogP contribution is -2.53. The first kappa shape index (κ1) is 23.1. The van der Waals surface area contributed by atoms with Gasteiger partial charge in [0.25, 0.3) is 16.1 Å². The van der Waals surface area contributed by atoms with Crippen LogP contribution in [0.1, 0.15) is 30.1 Å². The monoisotopic (exact) mass is 458 g/mol. The number of carbonyl (C=O) groups is 1. The van der Waals surface area contributed by atoms with Crippen molar-refractivity contribution in [3.05, 3.63) is 29.8 Å². The lowest BCUT2D eigenvalue weighted by atomic mass is 10.0. The van der Waals surface area contributed by atoms with Crippen LogP contribution in [0.25, 0.3) is 0 Å². The van der Waals surface area contributed by atoms with Gasteiger partial charge in [0.1, 0.15) is 0 Å². The van der Waals surface area contributed by atoms with E-state index in [1.165, 1.54) is 47.0 Å². The highest BCUT2D eigenvalue weighted by atomic mass is 32.2. The highest BCUT2D eigenvalue weighted by Crippen LogP contribution is 2.24. The summed E-state index contributed by atoms with van der Waals surface area (Å²) in [6.07, 6.45) is 1.70. The summed E-state index contributed by atoms with van der Waals surface area (Å²) in [5, 5.41) is 0. The number of benzene rings is 1. The normalized spacial score (nSPS) is 20.6. The Morgan fingerprint density at radius 3 is 1.90 bits per heavy atom. The zero-order valence-electron chi connectivity index (χ0n) is 17.7.